The molecule has 0 saturated heterocycles. The Balaban J connectivity index is 1.59. The molecule has 1 aromatic heterocycles. The van der Waals surface area contributed by atoms with Crippen molar-refractivity contribution in [2.75, 3.05) is 18.4 Å². The van der Waals surface area contributed by atoms with E-state index in [2.05, 4.69) is 10.4 Å². The number of aromatic nitrogens is 2. The molecule has 2 aromatic carbocycles. The van der Waals surface area contributed by atoms with Gasteiger partial charge in [-0.1, -0.05) is 32.0 Å². The molecule has 3 aromatic rings. The lowest BCUT2D eigenvalue weighted by Gasteiger charge is -2.18. The predicted molar refractivity (Wildman–Crippen MR) is 125 cm³/mol. The van der Waals surface area contributed by atoms with Crippen LogP contribution in [0.15, 0.2) is 53.4 Å². The minimum atomic E-state index is -3.53. The lowest BCUT2D eigenvalue weighted by molar-refractivity contribution is 0.102. The van der Waals surface area contributed by atoms with E-state index in [0.29, 0.717) is 24.5 Å². The summed E-state index contributed by atoms with van der Waals surface area (Å²) in [7, 11) is -3.53. The maximum absolute atomic E-state index is 13.1. The summed E-state index contributed by atoms with van der Waals surface area (Å²) in [5.74, 6) is -0.283. The van der Waals surface area contributed by atoms with Crippen LogP contribution in [0.2, 0.25) is 0 Å². The smallest absolute Gasteiger partial charge is 0.276 e. The van der Waals surface area contributed by atoms with Gasteiger partial charge >= 0.3 is 0 Å². The predicted octanol–water partition coefficient (Wildman–Crippen LogP) is 3.95. The van der Waals surface area contributed by atoms with Crippen LogP contribution in [0.5, 0.6) is 0 Å². The number of rotatable bonds is 7. The van der Waals surface area contributed by atoms with Gasteiger partial charge in [-0.05, 0) is 62.1 Å². The maximum Gasteiger partial charge on any atom is 0.276 e. The average molecular weight is 453 g/mol. The van der Waals surface area contributed by atoms with Crippen molar-refractivity contribution in [2.45, 2.75) is 44.9 Å². The molecule has 0 unspecified atom stereocenters. The first kappa shape index (κ1) is 22.2. The van der Waals surface area contributed by atoms with E-state index in [4.69, 9.17) is 0 Å². The number of amides is 1. The normalized spacial score (nSPS) is 13.4. The molecule has 1 N–H and O–H groups in total. The summed E-state index contributed by atoms with van der Waals surface area (Å²) in [6.45, 7) is 6.47. The molecule has 0 bridgehead atoms. The van der Waals surface area contributed by atoms with E-state index >= 15 is 0 Å². The van der Waals surface area contributed by atoms with Gasteiger partial charge in [0.25, 0.3) is 5.91 Å². The van der Waals surface area contributed by atoms with Crippen molar-refractivity contribution in [1.29, 1.82) is 0 Å². The molecule has 0 radical (unpaired) electrons. The molecule has 0 fully saturated rings. The van der Waals surface area contributed by atoms with E-state index in [1.165, 1.54) is 16.4 Å². The van der Waals surface area contributed by atoms with Gasteiger partial charge in [0.15, 0.2) is 5.69 Å². The Morgan fingerprint density at radius 2 is 1.75 bits per heavy atom. The van der Waals surface area contributed by atoms with Gasteiger partial charge in [-0.15, -0.1) is 0 Å². The van der Waals surface area contributed by atoms with Gasteiger partial charge in [0.05, 0.1) is 10.6 Å². The zero-order valence-corrected chi connectivity index (χ0v) is 19.4. The second kappa shape index (κ2) is 8.88. The number of hydrogen-bond donors (Lipinski definition) is 1. The molecule has 1 aliphatic rings. The summed E-state index contributed by atoms with van der Waals surface area (Å²) >= 11 is 0. The molecule has 1 heterocycles. The Bertz CT molecular complexity index is 1240. The highest BCUT2D eigenvalue weighted by Gasteiger charge is 2.27. The Hall–Kier alpha value is -2.97. The third-order valence-corrected chi connectivity index (χ3v) is 8.01. The quantitative estimate of drug-likeness (QED) is 0.588. The highest BCUT2D eigenvalue weighted by Crippen LogP contribution is 2.29. The van der Waals surface area contributed by atoms with Crippen LogP contribution in [-0.4, -0.2) is 41.5 Å². The van der Waals surface area contributed by atoms with Crippen LogP contribution < -0.4 is 5.32 Å². The van der Waals surface area contributed by atoms with Crippen LogP contribution in [0.1, 0.15) is 47.6 Å². The van der Waals surface area contributed by atoms with E-state index in [-0.39, 0.29) is 10.8 Å². The number of nitrogens with zero attached hydrogens (tertiary/aromatic N) is 3. The van der Waals surface area contributed by atoms with E-state index in [0.717, 1.165) is 41.8 Å². The Kier molecular flexibility index (Phi) is 6.17. The number of nitrogens with one attached hydrogen (secondary N) is 1. The summed E-state index contributed by atoms with van der Waals surface area (Å²) in [6.07, 6.45) is 2.71. The monoisotopic (exact) mass is 452 g/mol. The fourth-order valence-corrected chi connectivity index (χ4v) is 5.69. The molecule has 0 saturated carbocycles. The van der Waals surface area contributed by atoms with Crippen molar-refractivity contribution in [3.05, 3.63) is 71.0 Å². The summed E-state index contributed by atoms with van der Waals surface area (Å²) in [6, 6.07) is 14.3. The van der Waals surface area contributed by atoms with Gasteiger partial charge in [-0.3, -0.25) is 4.79 Å². The van der Waals surface area contributed by atoms with Crippen molar-refractivity contribution in [3.8, 4) is 5.69 Å². The molecule has 1 aliphatic carbocycles. The van der Waals surface area contributed by atoms with Crippen LogP contribution >= 0.6 is 0 Å². The number of carbonyl (C=O) groups excluding carboxylic acids is 1. The van der Waals surface area contributed by atoms with E-state index in [1.54, 1.807) is 12.1 Å². The van der Waals surface area contributed by atoms with Crippen LogP contribution in [0.25, 0.3) is 5.69 Å². The number of fused-ring (bicyclic) bond motifs is 1. The van der Waals surface area contributed by atoms with Gasteiger partial charge in [0, 0.05) is 30.0 Å². The van der Waals surface area contributed by atoms with Crippen molar-refractivity contribution in [1.82, 2.24) is 14.1 Å². The minimum absolute atomic E-state index is 0.212. The highest BCUT2D eigenvalue weighted by atomic mass is 32.2. The Morgan fingerprint density at radius 1 is 1.06 bits per heavy atom. The second-order valence-electron chi connectivity index (χ2n) is 7.89. The van der Waals surface area contributed by atoms with Gasteiger partial charge in [0.2, 0.25) is 10.0 Å². The largest absolute Gasteiger partial charge is 0.321 e. The van der Waals surface area contributed by atoms with E-state index in [1.807, 2.05) is 49.7 Å². The van der Waals surface area contributed by atoms with Crippen LogP contribution in [0, 0.1) is 6.92 Å². The average Bonchev–Trinajstić information content (AvgIpc) is 3.38. The molecule has 1 amide bonds. The maximum atomic E-state index is 13.1. The van der Waals surface area contributed by atoms with Gasteiger partial charge in [-0.25, -0.2) is 13.1 Å². The third-order valence-electron chi connectivity index (χ3n) is 5.94. The fraction of sp³-hybridized carbons (Fsp3) is 0.333. The number of carbonyl (C=O) groups is 1. The van der Waals surface area contributed by atoms with Gasteiger partial charge < -0.3 is 5.32 Å². The first-order chi connectivity index (χ1) is 15.4. The molecule has 0 spiro atoms. The molecule has 32 heavy (non-hydrogen) atoms. The third kappa shape index (κ3) is 3.96. The fourth-order valence-electron chi connectivity index (χ4n) is 4.23. The molecular weight excluding hydrogens is 424 g/mol. The molecule has 4 rings (SSSR count). The van der Waals surface area contributed by atoms with E-state index < -0.39 is 10.0 Å². The van der Waals surface area contributed by atoms with Crippen molar-refractivity contribution in [2.24, 2.45) is 0 Å². The number of para-hydroxylation sites is 1. The van der Waals surface area contributed by atoms with E-state index in [9.17, 15) is 13.2 Å². The number of anilines is 1. The summed E-state index contributed by atoms with van der Waals surface area (Å²) < 4.78 is 28.6. The van der Waals surface area contributed by atoms with Crippen LogP contribution in [-0.2, 0) is 22.9 Å². The lowest BCUT2D eigenvalue weighted by Crippen LogP contribution is -2.30. The Labute approximate surface area is 189 Å². The zero-order chi connectivity index (χ0) is 22.9. The SMILES string of the molecule is CCN(CC)S(=O)(=O)c1ccc(NC(=O)c2nn(-c3ccccc3C)c3c2CCC3)cc1. The van der Waals surface area contributed by atoms with Gasteiger partial charge in [0.1, 0.15) is 0 Å². The van der Waals surface area contributed by atoms with Crippen molar-refractivity contribution < 1.29 is 13.2 Å². The molecule has 168 valence electrons. The molecule has 8 heteroatoms. The van der Waals surface area contributed by atoms with Crippen LogP contribution in [0.3, 0.4) is 0 Å². The lowest BCUT2D eigenvalue weighted by atomic mass is 10.1. The standard InChI is InChI=1S/C24H28N4O3S/c1-4-27(5-2)32(30,31)19-15-13-18(14-16-19)25-24(29)23-20-10-8-12-22(20)28(26-23)21-11-7-6-9-17(21)3/h6-7,9,11,13-16H,4-5,8,10,12H2,1-3H3,(H,25,29). The molecule has 0 aliphatic heterocycles. The summed E-state index contributed by atoms with van der Waals surface area (Å²) in [5.41, 5.74) is 5.13. The first-order valence-electron chi connectivity index (χ1n) is 10.9. The highest BCUT2D eigenvalue weighted by molar-refractivity contribution is 7.89. The Morgan fingerprint density at radius 3 is 2.41 bits per heavy atom. The zero-order valence-electron chi connectivity index (χ0n) is 18.6. The second-order valence-corrected chi connectivity index (χ2v) is 9.83. The summed E-state index contributed by atoms with van der Waals surface area (Å²) in [4.78, 5) is 13.3. The van der Waals surface area contributed by atoms with Crippen molar-refractivity contribution >= 4 is 21.6 Å². The topological polar surface area (TPSA) is 84.3 Å². The minimum Gasteiger partial charge on any atom is -0.321 e. The van der Waals surface area contributed by atoms with Gasteiger partial charge in [-0.2, -0.15) is 9.40 Å². The van der Waals surface area contributed by atoms with Crippen LogP contribution in [0.4, 0.5) is 5.69 Å². The number of sulfonamides is 1. The first-order valence-corrected chi connectivity index (χ1v) is 12.4. The number of hydrogen-bond acceptors (Lipinski definition) is 4. The molecular formula is C24H28N4O3S. The molecule has 0 atom stereocenters. The number of benzene rings is 2. The number of aryl methyl sites for hydroxylation is 1. The van der Waals surface area contributed by atoms with Crippen molar-refractivity contribution in [3.63, 3.8) is 0 Å². The molecule has 7 nitrogen and oxygen atoms in total. The summed E-state index contributed by atoms with van der Waals surface area (Å²) in [5, 5.41) is 7.54.